The van der Waals surface area contributed by atoms with Crippen LogP contribution >= 0.6 is 11.6 Å². The van der Waals surface area contributed by atoms with Gasteiger partial charge in [-0.2, -0.15) is 5.11 Å². The van der Waals surface area contributed by atoms with Crippen molar-refractivity contribution in [1.82, 2.24) is 0 Å². The molecular weight excluding hydrogens is 202 g/mol. The molecule has 72 valence electrons. The maximum Gasteiger partial charge on any atom is 0.295 e. The van der Waals surface area contributed by atoms with Crippen molar-refractivity contribution in [2.24, 2.45) is 16.0 Å². The third-order valence-electron chi connectivity index (χ3n) is 2.20. The number of rotatable bonds is 1. The van der Waals surface area contributed by atoms with Gasteiger partial charge in [0.15, 0.2) is 0 Å². The van der Waals surface area contributed by atoms with Crippen molar-refractivity contribution in [3.63, 3.8) is 0 Å². The third kappa shape index (κ3) is 1.42. The van der Waals surface area contributed by atoms with Crippen LogP contribution in [0.15, 0.2) is 45.3 Å². The van der Waals surface area contributed by atoms with Gasteiger partial charge >= 0.3 is 0 Å². The lowest BCUT2D eigenvalue weighted by Crippen LogP contribution is -2.42. The van der Waals surface area contributed by atoms with Gasteiger partial charge in [0, 0.05) is 11.5 Å². The maximum absolute atomic E-state index is 11.3. The van der Waals surface area contributed by atoms with Crippen molar-refractivity contribution >= 4 is 17.5 Å². The summed E-state index contributed by atoms with van der Waals surface area (Å²) in [6.45, 7) is 0. The minimum Gasteiger partial charge on any atom is -0.318 e. The second-order valence-corrected chi connectivity index (χ2v) is 3.74. The summed E-state index contributed by atoms with van der Waals surface area (Å²) in [6.07, 6.45) is 7.02. The van der Waals surface area contributed by atoms with Crippen LogP contribution in [0.4, 0.5) is 0 Å². The zero-order chi connectivity index (χ0) is 10.2. The van der Waals surface area contributed by atoms with E-state index in [1.54, 1.807) is 18.2 Å². The molecule has 5 heteroatoms. The van der Waals surface area contributed by atoms with Crippen LogP contribution in [0.1, 0.15) is 6.42 Å². The van der Waals surface area contributed by atoms with Gasteiger partial charge in [-0.3, -0.25) is 4.79 Å². The summed E-state index contributed by atoms with van der Waals surface area (Å²) >= 11 is 5.86. The first-order valence-electron chi connectivity index (χ1n) is 4.10. The number of hydrogen-bond donors (Lipinski definition) is 1. The lowest BCUT2D eigenvalue weighted by molar-refractivity contribution is -0.114. The smallest absolute Gasteiger partial charge is 0.295 e. The van der Waals surface area contributed by atoms with Crippen LogP contribution in [0.25, 0.3) is 0 Å². The van der Waals surface area contributed by atoms with E-state index >= 15 is 0 Å². The summed E-state index contributed by atoms with van der Waals surface area (Å²) in [5.41, 5.74) is 5.56. The van der Waals surface area contributed by atoms with Gasteiger partial charge in [0.2, 0.25) is 0 Å². The molecule has 14 heavy (non-hydrogen) atoms. The molecule has 0 aromatic heterocycles. The molecule has 1 heterocycles. The first-order valence-corrected chi connectivity index (χ1v) is 4.48. The van der Waals surface area contributed by atoms with Gasteiger partial charge in [-0.15, -0.1) is 5.11 Å². The van der Waals surface area contributed by atoms with E-state index in [9.17, 15) is 4.79 Å². The normalized spacial score (nSPS) is 30.6. The largest absolute Gasteiger partial charge is 0.318 e. The van der Waals surface area contributed by atoms with Crippen molar-refractivity contribution in [3.05, 3.63) is 35.0 Å². The predicted molar refractivity (Wildman–Crippen MR) is 52.6 cm³/mol. The van der Waals surface area contributed by atoms with Crippen molar-refractivity contribution < 1.29 is 4.79 Å². The Labute approximate surface area is 85.8 Å². The molecule has 0 fully saturated rings. The van der Waals surface area contributed by atoms with E-state index in [2.05, 4.69) is 10.2 Å². The van der Waals surface area contributed by atoms with Gasteiger partial charge in [-0.25, -0.2) is 0 Å². The van der Waals surface area contributed by atoms with Crippen molar-refractivity contribution in [2.45, 2.75) is 12.0 Å². The van der Waals surface area contributed by atoms with Crippen molar-refractivity contribution in [1.29, 1.82) is 0 Å². The Bertz CT molecular complexity index is 408. The molecule has 1 aliphatic carbocycles. The molecule has 0 radical (unpaired) electrons. The van der Waals surface area contributed by atoms with Crippen molar-refractivity contribution in [2.75, 3.05) is 0 Å². The van der Waals surface area contributed by atoms with E-state index in [1.807, 2.05) is 0 Å². The van der Waals surface area contributed by atoms with Crippen LogP contribution in [0, 0.1) is 0 Å². The summed E-state index contributed by atoms with van der Waals surface area (Å²) in [4.78, 5) is 11.3. The van der Waals surface area contributed by atoms with Gasteiger partial charge < -0.3 is 5.73 Å². The SMILES string of the molecule is NC1(C2=CN=NC2=O)C=CC=C(Cl)C1. The molecule has 1 unspecified atom stereocenters. The second-order valence-electron chi connectivity index (χ2n) is 3.25. The molecule has 0 aromatic carbocycles. The molecule has 0 spiro atoms. The minimum atomic E-state index is -0.855. The first kappa shape index (κ1) is 9.30. The monoisotopic (exact) mass is 209 g/mol. The highest BCUT2D eigenvalue weighted by Gasteiger charge is 2.35. The second kappa shape index (κ2) is 3.15. The van der Waals surface area contributed by atoms with Gasteiger partial charge in [-0.1, -0.05) is 23.8 Å². The number of nitrogens with two attached hydrogens (primary N) is 1. The number of amides is 1. The van der Waals surface area contributed by atoms with E-state index in [4.69, 9.17) is 17.3 Å². The quantitative estimate of drug-likeness (QED) is 0.714. The fraction of sp³-hybridized carbons (Fsp3) is 0.222. The number of allylic oxidation sites excluding steroid dienone is 2. The molecule has 0 saturated heterocycles. The van der Waals surface area contributed by atoms with Crippen LogP contribution in [-0.4, -0.2) is 11.4 Å². The first-order chi connectivity index (χ1) is 6.62. The summed E-state index contributed by atoms with van der Waals surface area (Å²) in [5, 5.41) is 7.53. The average molecular weight is 210 g/mol. The zero-order valence-corrected chi connectivity index (χ0v) is 8.03. The molecule has 0 saturated carbocycles. The molecule has 1 aliphatic heterocycles. The highest BCUT2D eigenvalue weighted by molar-refractivity contribution is 6.30. The molecular formula is C9H8ClN3O. The van der Waals surface area contributed by atoms with E-state index in [1.165, 1.54) is 6.20 Å². The Hall–Kier alpha value is -1.26. The van der Waals surface area contributed by atoms with E-state index < -0.39 is 5.54 Å². The van der Waals surface area contributed by atoms with Crippen molar-refractivity contribution in [3.8, 4) is 0 Å². The number of nitrogens with zero attached hydrogens (tertiary/aromatic N) is 2. The molecule has 1 amide bonds. The number of azo groups is 1. The molecule has 2 rings (SSSR count). The number of halogens is 1. The van der Waals surface area contributed by atoms with E-state index in [0.717, 1.165) is 0 Å². The molecule has 2 aliphatic rings. The maximum atomic E-state index is 11.3. The standard InChI is InChI=1S/C9H8ClN3O/c10-6-2-1-3-9(11,4-6)7-5-12-13-8(7)14/h1-3,5H,4,11H2. The van der Waals surface area contributed by atoms with Gasteiger partial charge in [0.1, 0.15) is 0 Å². The number of carbonyl (C=O) groups is 1. The van der Waals surface area contributed by atoms with Gasteiger partial charge in [0.25, 0.3) is 5.91 Å². The Morgan fingerprint density at radius 3 is 2.93 bits per heavy atom. The fourth-order valence-corrected chi connectivity index (χ4v) is 1.77. The van der Waals surface area contributed by atoms with Gasteiger partial charge in [0.05, 0.1) is 17.3 Å². The minimum absolute atomic E-state index is 0.386. The fourth-order valence-electron chi connectivity index (χ4n) is 1.47. The molecule has 4 nitrogen and oxygen atoms in total. The number of hydrogen-bond acceptors (Lipinski definition) is 3. The van der Waals surface area contributed by atoms with Crippen LogP contribution < -0.4 is 5.73 Å². The predicted octanol–water partition coefficient (Wildman–Crippen LogP) is 1.64. The Morgan fingerprint density at radius 2 is 2.36 bits per heavy atom. The van der Waals surface area contributed by atoms with Crippen LogP contribution in [0.3, 0.4) is 0 Å². The Balaban J connectivity index is 2.31. The summed E-state index contributed by atoms with van der Waals surface area (Å²) in [7, 11) is 0. The lowest BCUT2D eigenvalue weighted by atomic mass is 9.84. The zero-order valence-electron chi connectivity index (χ0n) is 7.27. The lowest BCUT2D eigenvalue weighted by Gasteiger charge is -2.27. The molecule has 0 bridgehead atoms. The Morgan fingerprint density at radius 1 is 1.57 bits per heavy atom. The average Bonchev–Trinajstić information content (AvgIpc) is 2.51. The Kier molecular flexibility index (Phi) is 2.09. The van der Waals surface area contributed by atoms with E-state index in [0.29, 0.717) is 17.0 Å². The van der Waals surface area contributed by atoms with Crippen LogP contribution in [0.2, 0.25) is 0 Å². The van der Waals surface area contributed by atoms with Gasteiger partial charge in [-0.05, 0) is 6.08 Å². The molecule has 2 N–H and O–H groups in total. The van der Waals surface area contributed by atoms with Crippen LogP contribution in [0.5, 0.6) is 0 Å². The number of carbonyl (C=O) groups excluding carboxylic acids is 1. The summed E-state index contributed by atoms with van der Waals surface area (Å²) < 4.78 is 0. The topological polar surface area (TPSA) is 67.8 Å². The molecule has 0 aromatic rings. The van der Waals surface area contributed by atoms with Crippen LogP contribution in [-0.2, 0) is 4.79 Å². The molecule has 1 atom stereocenters. The van der Waals surface area contributed by atoms with E-state index in [-0.39, 0.29) is 5.91 Å². The summed E-state index contributed by atoms with van der Waals surface area (Å²) in [5.74, 6) is -0.386. The third-order valence-corrected chi connectivity index (χ3v) is 2.46. The highest BCUT2D eigenvalue weighted by Crippen LogP contribution is 2.31. The summed E-state index contributed by atoms with van der Waals surface area (Å²) in [6, 6.07) is 0. The highest BCUT2D eigenvalue weighted by atomic mass is 35.5.